The first-order valence-corrected chi connectivity index (χ1v) is 6.54. The van der Waals surface area contributed by atoms with E-state index in [1.165, 1.54) is 36.6 Å². The van der Waals surface area contributed by atoms with E-state index >= 15 is 0 Å². The SMILES string of the molecule is COc1ccc(F)cc1C(O)c1csc(Br)c1. The number of hydrogen-bond acceptors (Lipinski definition) is 3. The van der Waals surface area contributed by atoms with Crippen molar-refractivity contribution in [2.75, 3.05) is 7.11 Å². The summed E-state index contributed by atoms with van der Waals surface area (Å²) in [5.41, 5.74) is 1.14. The molecule has 0 saturated heterocycles. The van der Waals surface area contributed by atoms with Crippen LogP contribution in [0.3, 0.4) is 0 Å². The highest BCUT2D eigenvalue weighted by Gasteiger charge is 2.17. The summed E-state index contributed by atoms with van der Waals surface area (Å²) in [6.45, 7) is 0. The fraction of sp³-hybridized carbons (Fsp3) is 0.167. The third kappa shape index (κ3) is 2.68. The minimum absolute atomic E-state index is 0.394. The second-order valence-corrected chi connectivity index (χ2v) is 5.76. The molecule has 0 bridgehead atoms. The van der Waals surface area contributed by atoms with Gasteiger partial charge in [0.15, 0.2) is 0 Å². The van der Waals surface area contributed by atoms with Gasteiger partial charge in [0.05, 0.1) is 10.9 Å². The minimum atomic E-state index is -0.886. The average Bonchev–Trinajstić information content (AvgIpc) is 2.75. The van der Waals surface area contributed by atoms with Crippen molar-refractivity contribution >= 4 is 27.3 Å². The summed E-state index contributed by atoms with van der Waals surface area (Å²) in [5, 5.41) is 12.0. The van der Waals surface area contributed by atoms with Crippen LogP contribution in [0.5, 0.6) is 5.75 Å². The van der Waals surface area contributed by atoms with Crippen molar-refractivity contribution < 1.29 is 14.2 Å². The minimum Gasteiger partial charge on any atom is -0.496 e. The quantitative estimate of drug-likeness (QED) is 0.934. The van der Waals surface area contributed by atoms with Crippen LogP contribution < -0.4 is 4.74 Å². The third-order valence-electron chi connectivity index (χ3n) is 2.39. The fourth-order valence-corrected chi connectivity index (χ4v) is 2.76. The van der Waals surface area contributed by atoms with Crippen LogP contribution in [0, 0.1) is 5.82 Å². The first kappa shape index (κ1) is 12.5. The molecule has 1 aromatic heterocycles. The van der Waals surface area contributed by atoms with Gasteiger partial charge in [-0.15, -0.1) is 11.3 Å². The molecule has 17 heavy (non-hydrogen) atoms. The first-order chi connectivity index (χ1) is 8.11. The molecule has 2 rings (SSSR count). The standard InChI is InChI=1S/C12H10BrFO2S/c1-16-10-3-2-8(14)5-9(10)12(15)7-4-11(13)17-6-7/h2-6,12,15H,1H3. The second-order valence-electron chi connectivity index (χ2n) is 3.47. The van der Waals surface area contributed by atoms with Gasteiger partial charge in [0.2, 0.25) is 0 Å². The number of methoxy groups -OCH3 is 1. The van der Waals surface area contributed by atoms with Crippen molar-refractivity contribution in [3.8, 4) is 5.75 Å². The van der Waals surface area contributed by atoms with Gasteiger partial charge in [-0.3, -0.25) is 0 Å². The molecule has 0 spiro atoms. The molecule has 0 amide bonds. The summed E-state index contributed by atoms with van der Waals surface area (Å²) in [6, 6.07) is 5.91. The Balaban J connectivity index is 2.42. The normalized spacial score (nSPS) is 12.5. The first-order valence-electron chi connectivity index (χ1n) is 4.87. The summed E-state index contributed by atoms with van der Waals surface area (Å²) >= 11 is 4.79. The number of benzene rings is 1. The van der Waals surface area contributed by atoms with Crippen LogP contribution in [0.15, 0.2) is 33.4 Å². The average molecular weight is 317 g/mol. The van der Waals surface area contributed by atoms with Gasteiger partial charge < -0.3 is 9.84 Å². The number of halogens is 2. The maximum Gasteiger partial charge on any atom is 0.125 e. The zero-order chi connectivity index (χ0) is 12.4. The topological polar surface area (TPSA) is 29.5 Å². The molecule has 2 aromatic rings. The van der Waals surface area contributed by atoms with Crippen molar-refractivity contribution in [2.24, 2.45) is 0 Å². The molecule has 0 aliphatic rings. The molecule has 1 N–H and O–H groups in total. The van der Waals surface area contributed by atoms with Crippen LogP contribution in [0.1, 0.15) is 17.2 Å². The zero-order valence-electron chi connectivity index (χ0n) is 8.98. The van der Waals surface area contributed by atoms with E-state index in [0.717, 1.165) is 3.79 Å². The predicted molar refractivity (Wildman–Crippen MR) is 69.0 cm³/mol. The second kappa shape index (κ2) is 5.16. The number of aliphatic hydroxyl groups is 1. The van der Waals surface area contributed by atoms with Crippen molar-refractivity contribution in [3.05, 3.63) is 50.4 Å². The van der Waals surface area contributed by atoms with Crippen LogP contribution in [-0.2, 0) is 0 Å². The van der Waals surface area contributed by atoms with Gasteiger partial charge in [-0.25, -0.2) is 4.39 Å². The number of rotatable bonds is 3. The lowest BCUT2D eigenvalue weighted by Gasteiger charge is -2.13. The predicted octanol–water partition coefficient (Wildman–Crippen LogP) is 3.74. The molecule has 1 aromatic carbocycles. The summed E-state index contributed by atoms with van der Waals surface area (Å²) in [4.78, 5) is 0. The molecule has 0 radical (unpaired) electrons. The lowest BCUT2D eigenvalue weighted by atomic mass is 10.0. The van der Waals surface area contributed by atoms with E-state index in [9.17, 15) is 9.50 Å². The Bertz CT molecular complexity index is 527. The van der Waals surface area contributed by atoms with E-state index in [-0.39, 0.29) is 0 Å². The molecule has 1 unspecified atom stereocenters. The number of thiophene rings is 1. The molecule has 2 nitrogen and oxygen atoms in total. The van der Waals surface area contributed by atoms with Gasteiger partial charge >= 0.3 is 0 Å². The van der Waals surface area contributed by atoms with E-state index in [1.54, 1.807) is 6.07 Å². The largest absolute Gasteiger partial charge is 0.496 e. The molecule has 0 aliphatic heterocycles. The molecule has 90 valence electrons. The molecule has 1 heterocycles. The van der Waals surface area contributed by atoms with Crippen molar-refractivity contribution in [3.63, 3.8) is 0 Å². The molecular weight excluding hydrogens is 307 g/mol. The molecule has 0 aliphatic carbocycles. The van der Waals surface area contributed by atoms with Crippen LogP contribution >= 0.6 is 27.3 Å². The Morgan fingerprint density at radius 2 is 2.18 bits per heavy atom. The lowest BCUT2D eigenvalue weighted by Crippen LogP contribution is -2.01. The zero-order valence-corrected chi connectivity index (χ0v) is 11.4. The Labute approximate surface area is 111 Å². The monoisotopic (exact) mass is 316 g/mol. The lowest BCUT2D eigenvalue weighted by molar-refractivity contribution is 0.214. The van der Waals surface area contributed by atoms with Gasteiger partial charge in [0.25, 0.3) is 0 Å². The Morgan fingerprint density at radius 3 is 2.76 bits per heavy atom. The smallest absolute Gasteiger partial charge is 0.125 e. The maximum atomic E-state index is 13.2. The maximum absolute atomic E-state index is 13.2. The van der Waals surface area contributed by atoms with Gasteiger partial charge in [0, 0.05) is 5.56 Å². The molecule has 1 atom stereocenters. The summed E-state index contributed by atoms with van der Waals surface area (Å²) < 4.78 is 19.2. The van der Waals surface area contributed by atoms with E-state index in [4.69, 9.17) is 4.74 Å². The van der Waals surface area contributed by atoms with Crippen LogP contribution in [0.2, 0.25) is 0 Å². The third-order valence-corrected chi connectivity index (χ3v) is 3.91. The molecule has 0 saturated carbocycles. The van der Waals surface area contributed by atoms with E-state index in [0.29, 0.717) is 16.9 Å². The molecule has 5 heteroatoms. The van der Waals surface area contributed by atoms with Crippen molar-refractivity contribution in [1.82, 2.24) is 0 Å². The molecular formula is C12H10BrFO2S. The summed E-state index contributed by atoms with van der Waals surface area (Å²) in [7, 11) is 1.49. The van der Waals surface area contributed by atoms with Gasteiger partial charge in [-0.2, -0.15) is 0 Å². The van der Waals surface area contributed by atoms with Crippen molar-refractivity contribution in [1.29, 1.82) is 0 Å². The highest BCUT2D eigenvalue weighted by atomic mass is 79.9. The van der Waals surface area contributed by atoms with E-state index < -0.39 is 11.9 Å². The van der Waals surface area contributed by atoms with Crippen LogP contribution in [-0.4, -0.2) is 12.2 Å². The number of hydrogen-bond donors (Lipinski definition) is 1. The van der Waals surface area contributed by atoms with Gasteiger partial charge in [0.1, 0.15) is 17.7 Å². The van der Waals surface area contributed by atoms with Gasteiger partial charge in [-0.05, 0) is 51.1 Å². The highest BCUT2D eigenvalue weighted by molar-refractivity contribution is 9.11. The Morgan fingerprint density at radius 1 is 1.41 bits per heavy atom. The Hall–Kier alpha value is -0.910. The summed E-state index contributed by atoms with van der Waals surface area (Å²) in [6.07, 6.45) is -0.886. The highest BCUT2D eigenvalue weighted by Crippen LogP contribution is 2.33. The van der Waals surface area contributed by atoms with Gasteiger partial charge in [-0.1, -0.05) is 0 Å². The van der Waals surface area contributed by atoms with E-state index in [1.807, 2.05) is 5.38 Å². The van der Waals surface area contributed by atoms with E-state index in [2.05, 4.69) is 15.9 Å². The fourth-order valence-electron chi connectivity index (χ4n) is 1.57. The van der Waals surface area contributed by atoms with Crippen LogP contribution in [0.25, 0.3) is 0 Å². The van der Waals surface area contributed by atoms with Crippen molar-refractivity contribution in [2.45, 2.75) is 6.10 Å². The number of ether oxygens (including phenoxy) is 1. The molecule has 0 fully saturated rings. The Kier molecular flexibility index (Phi) is 3.81. The number of aliphatic hydroxyl groups excluding tert-OH is 1. The van der Waals surface area contributed by atoms with Crippen LogP contribution in [0.4, 0.5) is 4.39 Å². The summed E-state index contributed by atoms with van der Waals surface area (Å²) in [5.74, 6) is 0.0790.